The second-order valence-electron chi connectivity index (χ2n) is 9.32. The summed E-state index contributed by atoms with van der Waals surface area (Å²) >= 11 is 0. The molecule has 138 valence electrons. The lowest BCUT2D eigenvalue weighted by Gasteiger charge is -2.65. The van der Waals surface area contributed by atoms with Crippen LogP contribution >= 0.6 is 0 Å². The van der Waals surface area contributed by atoms with Crippen LogP contribution in [0, 0.1) is 34.0 Å². The van der Waals surface area contributed by atoms with Crippen molar-refractivity contribution in [2.45, 2.75) is 64.3 Å². The van der Waals surface area contributed by atoms with Gasteiger partial charge in [-0.15, -0.1) is 0 Å². The maximum atomic E-state index is 13.1. The Hall–Kier alpha value is -1.04. The van der Waals surface area contributed by atoms with Crippen LogP contribution in [0.25, 0.3) is 0 Å². The molecule has 4 aliphatic rings. The number of aldehydes is 1. The Morgan fingerprint density at radius 1 is 1.08 bits per heavy atom. The number of carbonyl (C=O) groups is 2. The molecule has 0 amide bonds. The van der Waals surface area contributed by atoms with Gasteiger partial charge in [0, 0.05) is 16.7 Å². The summed E-state index contributed by atoms with van der Waals surface area (Å²) in [6.07, 6.45) is 0.980. The Kier molecular flexibility index (Phi) is 3.49. The number of aliphatic hydroxyl groups excluding tert-OH is 3. The van der Waals surface area contributed by atoms with Crippen molar-refractivity contribution in [3.05, 3.63) is 12.2 Å². The fourth-order valence-corrected chi connectivity index (χ4v) is 7.23. The van der Waals surface area contributed by atoms with Crippen molar-refractivity contribution >= 4 is 12.1 Å². The molecule has 2 bridgehead atoms. The number of hydrogen-bond donors (Lipinski definition) is 3. The molecule has 4 fully saturated rings. The van der Waals surface area contributed by atoms with Gasteiger partial charge in [-0.2, -0.15) is 0 Å². The van der Waals surface area contributed by atoms with Crippen LogP contribution in [0.4, 0.5) is 0 Å². The summed E-state index contributed by atoms with van der Waals surface area (Å²) in [5.41, 5.74) is -2.16. The average molecular weight is 348 g/mol. The Morgan fingerprint density at radius 3 is 2.40 bits per heavy atom. The van der Waals surface area contributed by atoms with Gasteiger partial charge in [0.1, 0.15) is 6.29 Å². The van der Waals surface area contributed by atoms with Gasteiger partial charge < -0.3 is 20.1 Å². The molecular weight excluding hydrogens is 320 g/mol. The lowest BCUT2D eigenvalue weighted by molar-refractivity contribution is -0.249. The highest BCUT2D eigenvalue weighted by Crippen LogP contribution is 2.70. The molecule has 0 radical (unpaired) electrons. The molecule has 4 rings (SSSR count). The van der Waals surface area contributed by atoms with E-state index in [1.54, 1.807) is 0 Å². The highest BCUT2D eigenvalue weighted by atomic mass is 16.3. The van der Waals surface area contributed by atoms with E-state index in [9.17, 15) is 24.9 Å². The van der Waals surface area contributed by atoms with Crippen LogP contribution in [0.2, 0.25) is 0 Å². The first-order chi connectivity index (χ1) is 11.7. The van der Waals surface area contributed by atoms with E-state index in [1.165, 1.54) is 0 Å². The number of fused-ring (bicyclic) bond motifs is 3. The van der Waals surface area contributed by atoms with Crippen molar-refractivity contribution in [3.63, 3.8) is 0 Å². The molecule has 0 heterocycles. The molecule has 0 aromatic rings. The summed E-state index contributed by atoms with van der Waals surface area (Å²) in [6, 6.07) is 0. The number of hydrogen-bond acceptors (Lipinski definition) is 5. The van der Waals surface area contributed by atoms with Crippen LogP contribution < -0.4 is 0 Å². The topological polar surface area (TPSA) is 94.8 Å². The van der Waals surface area contributed by atoms with E-state index in [0.29, 0.717) is 31.3 Å². The first-order valence-electron chi connectivity index (χ1n) is 9.39. The highest BCUT2D eigenvalue weighted by Gasteiger charge is 2.75. The summed E-state index contributed by atoms with van der Waals surface area (Å²) < 4.78 is 0. The molecule has 0 unspecified atom stereocenters. The summed E-state index contributed by atoms with van der Waals surface area (Å²) in [6.45, 7) is 7.76. The first kappa shape index (κ1) is 17.4. The quantitative estimate of drug-likeness (QED) is 0.490. The largest absolute Gasteiger partial charge is 0.393 e. The molecule has 1 spiro atoms. The normalized spacial score (nSPS) is 57.8. The van der Waals surface area contributed by atoms with E-state index in [0.717, 1.165) is 6.29 Å². The molecule has 9 atom stereocenters. The monoisotopic (exact) mass is 348 g/mol. The molecule has 0 saturated heterocycles. The molecule has 4 aliphatic carbocycles. The second kappa shape index (κ2) is 5.02. The van der Waals surface area contributed by atoms with Gasteiger partial charge in [0.25, 0.3) is 0 Å². The van der Waals surface area contributed by atoms with Crippen LogP contribution in [0.1, 0.15) is 46.0 Å². The van der Waals surface area contributed by atoms with Gasteiger partial charge in [0.15, 0.2) is 5.78 Å². The lowest BCUT2D eigenvalue weighted by atomic mass is 9.39. The van der Waals surface area contributed by atoms with Gasteiger partial charge in [-0.3, -0.25) is 4.79 Å². The molecule has 25 heavy (non-hydrogen) atoms. The zero-order valence-corrected chi connectivity index (χ0v) is 14.9. The minimum atomic E-state index is -1.27. The van der Waals surface area contributed by atoms with E-state index in [4.69, 9.17) is 0 Å². The predicted octanol–water partition coefficient (Wildman–Crippen LogP) is 1.25. The number of Topliss-reactive ketones (excluding diaryl/α,β-unsaturated/α-hetero) is 1. The number of aliphatic hydroxyl groups is 3. The fourth-order valence-electron chi connectivity index (χ4n) is 7.23. The second-order valence-corrected chi connectivity index (χ2v) is 9.32. The van der Waals surface area contributed by atoms with Crippen LogP contribution in [-0.2, 0) is 9.59 Å². The van der Waals surface area contributed by atoms with Gasteiger partial charge in [0.05, 0.1) is 23.7 Å². The highest BCUT2D eigenvalue weighted by molar-refractivity contribution is 6.04. The molecular formula is C20H28O5. The summed E-state index contributed by atoms with van der Waals surface area (Å²) in [4.78, 5) is 25.0. The molecule has 3 N–H and O–H groups in total. The zero-order valence-electron chi connectivity index (χ0n) is 14.9. The summed E-state index contributed by atoms with van der Waals surface area (Å²) in [5.74, 6) is -1.08. The van der Waals surface area contributed by atoms with Crippen molar-refractivity contribution < 1.29 is 24.9 Å². The Balaban J connectivity index is 1.91. The lowest BCUT2D eigenvalue weighted by Crippen LogP contribution is -2.70. The van der Waals surface area contributed by atoms with Crippen LogP contribution in [0.5, 0.6) is 0 Å². The Morgan fingerprint density at radius 2 is 1.76 bits per heavy atom. The van der Waals surface area contributed by atoms with E-state index in [2.05, 4.69) is 6.58 Å². The Bertz CT molecular complexity index is 658. The van der Waals surface area contributed by atoms with Crippen molar-refractivity contribution in [1.29, 1.82) is 0 Å². The maximum Gasteiger partial charge on any atom is 0.170 e. The van der Waals surface area contributed by atoms with Crippen LogP contribution in [0.15, 0.2) is 12.2 Å². The molecule has 5 nitrogen and oxygen atoms in total. The Labute approximate surface area is 148 Å². The third-order valence-electron chi connectivity index (χ3n) is 8.60. The van der Waals surface area contributed by atoms with Crippen molar-refractivity contribution in [3.8, 4) is 0 Å². The van der Waals surface area contributed by atoms with Gasteiger partial charge >= 0.3 is 0 Å². The maximum absolute atomic E-state index is 13.1. The minimum Gasteiger partial charge on any atom is -0.393 e. The van der Waals surface area contributed by atoms with Crippen molar-refractivity contribution in [2.75, 3.05) is 0 Å². The van der Waals surface area contributed by atoms with E-state index in [1.807, 2.05) is 13.8 Å². The first-order valence-corrected chi connectivity index (χ1v) is 9.39. The number of ketones is 1. The molecule has 0 aromatic heterocycles. The van der Waals surface area contributed by atoms with Gasteiger partial charge in [-0.1, -0.05) is 20.4 Å². The van der Waals surface area contributed by atoms with E-state index in [-0.39, 0.29) is 30.0 Å². The smallest absolute Gasteiger partial charge is 0.170 e. The average Bonchev–Trinajstić information content (AvgIpc) is 2.70. The summed E-state index contributed by atoms with van der Waals surface area (Å²) in [7, 11) is 0. The van der Waals surface area contributed by atoms with Gasteiger partial charge in [-0.05, 0) is 49.5 Å². The molecule has 0 aromatic carbocycles. The summed E-state index contributed by atoms with van der Waals surface area (Å²) in [5, 5.41) is 33.0. The van der Waals surface area contributed by atoms with Crippen molar-refractivity contribution in [1.82, 2.24) is 0 Å². The van der Waals surface area contributed by atoms with Gasteiger partial charge in [-0.25, -0.2) is 0 Å². The third kappa shape index (κ3) is 1.70. The predicted molar refractivity (Wildman–Crippen MR) is 90.4 cm³/mol. The third-order valence-corrected chi connectivity index (χ3v) is 8.60. The molecule has 0 aliphatic heterocycles. The minimum absolute atomic E-state index is 0.211. The van der Waals surface area contributed by atoms with E-state index >= 15 is 0 Å². The molecule has 4 saturated carbocycles. The van der Waals surface area contributed by atoms with Crippen molar-refractivity contribution in [2.24, 2.45) is 34.0 Å². The number of rotatable bonds is 1. The van der Waals surface area contributed by atoms with E-state index < -0.39 is 34.6 Å². The SMILES string of the molecule is C=C1C(=O)[C@@]23[C@H](O)C[C@H]4[C@@](C)([C@@H](O)CC[C@]4(C)C=O)[C@@H]2CC[C@@H]1[C@@H]3O. The molecule has 5 heteroatoms. The zero-order chi connectivity index (χ0) is 18.4. The van der Waals surface area contributed by atoms with Crippen LogP contribution in [-0.4, -0.2) is 45.7 Å². The number of carbonyl (C=O) groups excluding carboxylic acids is 2. The van der Waals surface area contributed by atoms with Crippen LogP contribution in [0.3, 0.4) is 0 Å². The standard InChI is InChI=1S/C20H28O5/c1-10-11-4-5-12-19(3)13(18(2,9-21)7-6-14(19)22)8-15(23)20(12,16(10)24)17(11)25/h9,11-15,17,22-23,25H,1,4-8H2,2-3H3/t11-,12-,13+,14-,15+,17-,18+,19-,20-/m0/s1. The van der Waals surface area contributed by atoms with Gasteiger partial charge in [0.2, 0.25) is 0 Å². The fraction of sp³-hybridized carbons (Fsp3) is 0.800.